The van der Waals surface area contributed by atoms with Gasteiger partial charge in [-0.25, -0.2) is 4.79 Å². The first-order valence-corrected chi connectivity index (χ1v) is 6.65. The highest BCUT2D eigenvalue weighted by molar-refractivity contribution is 5.98. The summed E-state index contributed by atoms with van der Waals surface area (Å²) in [4.78, 5) is 11.8. The summed E-state index contributed by atoms with van der Waals surface area (Å²) < 4.78 is 9.74. The molecule has 0 aromatic heterocycles. The van der Waals surface area contributed by atoms with Crippen LogP contribution in [0.25, 0.3) is 12.2 Å². The van der Waals surface area contributed by atoms with E-state index in [4.69, 9.17) is 4.74 Å². The molecule has 0 radical (unpaired) electrons. The van der Waals surface area contributed by atoms with E-state index in [0.29, 0.717) is 16.9 Å². The van der Waals surface area contributed by atoms with E-state index >= 15 is 0 Å². The van der Waals surface area contributed by atoms with E-state index in [1.807, 2.05) is 0 Å². The molecule has 2 aromatic carbocycles. The molecule has 0 aliphatic carbocycles. The molecule has 0 unspecified atom stereocenters. The molecule has 0 aliphatic heterocycles. The van der Waals surface area contributed by atoms with Crippen molar-refractivity contribution in [2.24, 2.45) is 0 Å². The molecule has 2 aromatic rings. The van der Waals surface area contributed by atoms with Crippen LogP contribution < -0.4 is 4.74 Å². The highest BCUT2D eigenvalue weighted by atomic mass is 16.5. The minimum atomic E-state index is -0.682. The standard InChI is InChI=1S/C17H16O6/c1-22-12-8-11(16(15(20)9-12)17(21)23-2)5-3-10-4-6-13(18)14(19)7-10/h3-9,18-20H,1-2H3/b5-3+. The van der Waals surface area contributed by atoms with Crippen molar-refractivity contribution in [1.82, 2.24) is 0 Å². The molecule has 0 fully saturated rings. The van der Waals surface area contributed by atoms with E-state index in [-0.39, 0.29) is 22.8 Å². The Balaban J connectivity index is 2.48. The Kier molecular flexibility index (Phi) is 4.75. The lowest BCUT2D eigenvalue weighted by molar-refractivity contribution is 0.0597. The van der Waals surface area contributed by atoms with Crippen molar-refractivity contribution in [2.75, 3.05) is 14.2 Å². The lowest BCUT2D eigenvalue weighted by atomic mass is 10.0. The maximum absolute atomic E-state index is 11.8. The topological polar surface area (TPSA) is 96.2 Å². The normalized spacial score (nSPS) is 10.7. The van der Waals surface area contributed by atoms with Gasteiger partial charge in [-0.1, -0.05) is 18.2 Å². The predicted octanol–water partition coefficient (Wildman–Crippen LogP) is 2.77. The fourth-order valence-electron chi connectivity index (χ4n) is 2.03. The van der Waals surface area contributed by atoms with E-state index in [2.05, 4.69) is 4.74 Å². The van der Waals surface area contributed by atoms with Crippen LogP contribution in [0.3, 0.4) is 0 Å². The molecule has 0 spiro atoms. The minimum absolute atomic E-state index is 0.00699. The highest BCUT2D eigenvalue weighted by Crippen LogP contribution is 2.31. The predicted molar refractivity (Wildman–Crippen MR) is 84.7 cm³/mol. The van der Waals surface area contributed by atoms with Crippen molar-refractivity contribution in [1.29, 1.82) is 0 Å². The zero-order valence-electron chi connectivity index (χ0n) is 12.6. The smallest absolute Gasteiger partial charge is 0.342 e. The van der Waals surface area contributed by atoms with Gasteiger partial charge in [0.05, 0.1) is 14.2 Å². The number of phenols is 3. The van der Waals surface area contributed by atoms with E-state index in [0.717, 1.165) is 0 Å². The van der Waals surface area contributed by atoms with Crippen LogP contribution in [-0.4, -0.2) is 35.5 Å². The average molecular weight is 316 g/mol. The number of ether oxygens (including phenoxy) is 2. The van der Waals surface area contributed by atoms with Gasteiger partial charge in [0.25, 0.3) is 0 Å². The van der Waals surface area contributed by atoms with Crippen molar-refractivity contribution < 1.29 is 29.6 Å². The summed E-state index contributed by atoms with van der Waals surface area (Å²) in [5.41, 5.74) is 0.993. The molecule has 2 rings (SSSR count). The maximum Gasteiger partial charge on any atom is 0.342 e. The molecule has 0 bridgehead atoms. The first kappa shape index (κ1) is 16.2. The molecule has 0 atom stereocenters. The monoisotopic (exact) mass is 316 g/mol. The van der Waals surface area contributed by atoms with Gasteiger partial charge in [0.15, 0.2) is 11.5 Å². The summed E-state index contributed by atoms with van der Waals surface area (Å²) in [6, 6.07) is 7.19. The summed E-state index contributed by atoms with van der Waals surface area (Å²) in [6.45, 7) is 0. The number of rotatable bonds is 4. The largest absolute Gasteiger partial charge is 0.507 e. The molecular formula is C17H16O6. The van der Waals surface area contributed by atoms with Gasteiger partial charge in [-0.2, -0.15) is 0 Å². The third kappa shape index (κ3) is 3.55. The number of hydrogen-bond donors (Lipinski definition) is 3. The van der Waals surface area contributed by atoms with E-state index in [9.17, 15) is 20.1 Å². The van der Waals surface area contributed by atoms with Crippen LogP contribution in [0.4, 0.5) is 0 Å². The van der Waals surface area contributed by atoms with Gasteiger partial charge in [-0.3, -0.25) is 0 Å². The van der Waals surface area contributed by atoms with Crippen molar-refractivity contribution >= 4 is 18.1 Å². The Morgan fingerprint density at radius 3 is 2.30 bits per heavy atom. The quantitative estimate of drug-likeness (QED) is 0.456. The van der Waals surface area contributed by atoms with Gasteiger partial charge in [-0.15, -0.1) is 0 Å². The summed E-state index contributed by atoms with van der Waals surface area (Å²) in [6.07, 6.45) is 3.18. The maximum atomic E-state index is 11.8. The fourth-order valence-corrected chi connectivity index (χ4v) is 2.03. The molecular weight excluding hydrogens is 300 g/mol. The first-order chi connectivity index (χ1) is 11.0. The van der Waals surface area contributed by atoms with E-state index in [1.165, 1.54) is 32.4 Å². The van der Waals surface area contributed by atoms with Crippen molar-refractivity contribution in [2.45, 2.75) is 0 Å². The molecule has 0 amide bonds. The molecule has 0 heterocycles. The summed E-state index contributed by atoms with van der Waals surface area (Å²) in [5.74, 6) is -1.05. The second-order valence-corrected chi connectivity index (χ2v) is 4.68. The fraction of sp³-hybridized carbons (Fsp3) is 0.118. The zero-order valence-corrected chi connectivity index (χ0v) is 12.6. The van der Waals surface area contributed by atoms with E-state index in [1.54, 1.807) is 24.3 Å². The van der Waals surface area contributed by atoms with Gasteiger partial charge in [-0.05, 0) is 29.3 Å². The molecule has 0 aliphatic rings. The Morgan fingerprint density at radius 1 is 0.957 bits per heavy atom. The van der Waals surface area contributed by atoms with Crippen LogP contribution in [0, 0.1) is 0 Å². The number of esters is 1. The van der Waals surface area contributed by atoms with Crippen molar-refractivity contribution in [3.63, 3.8) is 0 Å². The molecule has 0 saturated heterocycles. The lowest BCUT2D eigenvalue weighted by Gasteiger charge is -2.09. The van der Waals surface area contributed by atoms with Crippen LogP contribution >= 0.6 is 0 Å². The number of carbonyl (C=O) groups excluding carboxylic acids is 1. The number of benzene rings is 2. The zero-order chi connectivity index (χ0) is 17.0. The van der Waals surface area contributed by atoms with Gasteiger partial charge in [0.2, 0.25) is 0 Å². The number of carbonyl (C=O) groups is 1. The second-order valence-electron chi connectivity index (χ2n) is 4.68. The molecule has 120 valence electrons. The third-order valence-electron chi connectivity index (χ3n) is 3.20. The van der Waals surface area contributed by atoms with Crippen LogP contribution in [0.5, 0.6) is 23.0 Å². The first-order valence-electron chi connectivity index (χ1n) is 6.65. The van der Waals surface area contributed by atoms with Crippen LogP contribution in [0.15, 0.2) is 30.3 Å². The van der Waals surface area contributed by atoms with Crippen molar-refractivity contribution in [3.05, 3.63) is 47.0 Å². The third-order valence-corrected chi connectivity index (χ3v) is 3.20. The number of phenolic OH excluding ortho intramolecular Hbond substituents is 3. The summed E-state index contributed by atoms with van der Waals surface area (Å²) >= 11 is 0. The molecule has 6 nitrogen and oxygen atoms in total. The molecule has 3 N–H and O–H groups in total. The van der Waals surface area contributed by atoms with Crippen LogP contribution in [0.2, 0.25) is 0 Å². The van der Waals surface area contributed by atoms with Gasteiger partial charge in [0, 0.05) is 6.07 Å². The van der Waals surface area contributed by atoms with Gasteiger partial charge >= 0.3 is 5.97 Å². The Labute approximate surface area is 132 Å². The average Bonchev–Trinajstić information content (AvgIpc) is 2.54. The number of methoxy groups -OCH3 is 2. The highest BCUT2D eigenvalue weighted by Gasteiger charge is 2.17. The Hall–Kier alpha value is -3.15. The SMILES string of the molecule is COC(=O)c1c(O)cc(OC)cc1/C=C/c1ccc(O)c(O)c1. The molecule has 0 saturated carbocycles. The number of aromatic hydroxyl groups is 3. The summed E-state index contributed by atoms with van der Waals surface area (Å²) in [7, 11) is 2.66. The van der Waals surface area contributed by atoms with Crippen molar-refractivity contribution in [3.8, 4) is 23.0 Å². The number of hydrogen-bond acceptors (Lipinski definition) is 6. The van der Waals surface area contributed by atoms with Crippen LogP contribution in [-0.2, 0) is 4.74 Å². The lowest BCUT2D eigenvalue weighted by Crippen LogP contribution is -2.04. The summed E-state index contributed by atoms with van der Waals surface area (Å²) in [5, 5.41) is 28.8. The second kappa shape index (κ2) is 6.74. The Morgan fingerprint density at radius 2 is 1.70 bits per heavy atom. The molecule has 6 heteroatoms. The van der Waals surface area contributed by atoms with Crippen LogP contribution in [0.1, 0.15) is 21.5 Å². The van der Waals surface area contributed by atoms with Gasteiger partial charge in [0.1, 0.15) is 17.1 Å². The molecule has 23 heavy (non-hydrogen) atoms. The Bertz CT molecular complexity index is 764. The minimum Gasteiger partial charge on any atom is -0.507 e. The van der Waals surface area contributed by atoms with E-state index < -0.39 is 5.97 Å². The van der Waals surface area contributed by atoms with Gasteiger partial charge < -0.3 is 24.8 Å².